The van der Waals surface area contributed by atoms with Crippen molar-refractivity contribution in [1.82, 2.24) is 5.32 Å². The highest BCUT2D eigenvalue weighted by Gasteiger charge is 2.21. The Labute approximate surface area is 89.8 Å². The summed E-state index contributed by atoms with van der Waals surface area (Å²) >= 11 is 0. The van der Waals surface area contributed by atoms with Crippen LogP contribution in [0.5, 0.6) is 0 Å². The Balaban J connectivity index is 1.88. The normalized spacial score (nSPS) is 17.5. The summed E-state index contributed by atoms with van der Waals surface area (Å²) in [5.74, 6) is 0.376. The van der Waals surface area contributed by atoms with Crippen molar-refractivity contribution in [2.75, 3.05) is 33.4 Å². The van der Waals surface area contributed by atoms with Gasteiger partial charge in [0.05, 0.1) is 26.4 Å². The van der Waals surface area contributed by atoms with Crippen LogP contribution >= 0.6 is 0 Å². The van der Waals surface area contributed by atoms with Crippen molar-refractivity contribution in [2.45, 2.75) is 18.9 Å². The second-order valence-electron chi connectivity index (χ2n) is 3.84. The number of carbonyl (C=O) groups excluding carboxylic acids is 1. The molecule has 1 unspecified atom stereocenters. The molecule has 0 aromatic heterocycles. The van der Waals surface area contributed by atoms with E-state index in [2.05, 4.69) is 10.1 Å². The number of rotatable bonds is 8. The summed E-state index contributed by atoms with van der Waals surface area (Å²) in [6, 6.07) is 0. The van der Waals surface area contributed by atoms with Gasteiger partial charge in [-0.3, -0.25) is 4.79 Å². The Kier molecular flexibility index (Phi) is 5.60. The first kappa shape index (κ1) is 12.4. The van der Waals surface area contributed by atoms with E-state index in [0.29, 0.717) is 19.1 Å². The monoisotopic (exact) mass is 217 g/mol. The Bertz CT molecular complexity index is 194. The van der Waals surface area contributed by atoms with E-state index >= 15 is 0 Å². The first-order chi connectivity index (χ1) is 7.22. The van der Waals surface area contributed by atoms with Gasteiger partial charge < -0.3 is 19.9 Å². The van der Waals surface area contributed by atoms with Crippen LogP contribution in [0.15, 0.2) is 0 Å². The van der Waals surface area contributed by atoms with Gasteiger partial charge in [0.2, 0.25) is 0 Å². The second-order valence-corrected chi connectivity index (χ2v) is 3.84. The summed E-state index contributed by atoms with van der Waals surface area (Å²) in [4.78, 5) is 10.7. The lowest BCUT2D eigenvalue weighted by molar-refractivity contribution is -0.139. The van der Waals surface area contributed by atoms with Crippen LogP contribution in [0.3, 0.4) is 0 Å². The quantitative estimate of drug-likeness (QED) is 0.538. The number of esters is 1. The number of methoxy groups -OCH3 is 1. The van der Waals surface area contributed by atoms with Gasteiger partial charge in [-0.15, -0.1) is 0 Å². The van der Waals surface area contributed by atoms with Crippen LogP contribution in [0.1, 0.15) is 12.8 Å². The topological polar surface area (TPSA) is 67.8 Å². The first-order valence-electron chi connectivity index (χ1n) is 5.25. The van der Waals surface area contributed by atoms with Crippen molar-refractivity contribution < 1.29 is 19.4 Å². The lowest BCUT2D eigenvalue weighted by Crippen LogP contribution is -2.34. The smallest absolute Gasteiger partial charge is 0.319 e. The number of aliphatic hydroxyl groups excluding tert-OH is 1. The predicted octanol–water partition coefficient (Wildman–Crippen LogP) is -0.463. The molecule has 2 N–H and O–H groups in total. The van der Waals surface area contributed by atoms with Gasteiger partial charge in [0.15, 0.2) is 0 Å². The van der Waals surface area contributed by atoms with Crippen LogP contribution in [-0.4, -0.2) is 50.6 Å². The van der Waals surface area contributed by atoms with Crippen LogP contribution in [0.2, 0.25) is 0 Å². The summed E-state index contributed by atoms with van der Waals surface area (Å²) in [6.45, 7) is 1.54. The van der Waals surface area contributed by atoms with Gasteiger partial charge in [0.1, 0.15) is 0 Å². The fourth-order valence-corrected chi connectivity index (χ4v) is 1.13. The lowest BCUT2D eigenvalue weighted by atomic mass is 10.3. The van der Waals surface area contributed by atoms with E-state index in [9.17, 15) is 9.90 Å². The van der Waals surface area contributed by atoms with Crippen molar-refractivity contribution in [3.8, 4) is 0 Å². The van der Waals surface area contributed by atoms with Crippen molar-refractivity contribution in [2.24, 2.45) is 5.92 Å². The average molecular weight is 217 g/mol. The third-order valence-corrected chi connectivity index (χ3v) is 2.24. The predicted molar refractivity (Wildman–Crippen MR) is 54.4 cm³/mol. The third kappa shape index (κ3) is 6.43. The van der Waals surface area contributed by atoms with Gasteiger partial charge >= 0.3 is 5.97 Å². The number of carbonyl (C=O) groups is 1. The molecule has 0 heterocycles. The van der Waals surface area contributed by atoms with E-state index in [0.717, 1.165) is 6.61 Å². The third-order valence-electron chi connectivity index (χ3n) is 2.24. The van der Waals surface area contributed by atoms with Gasteiger partial charge in [0.25, 0.3) is 0 Å². The first-order valence-corrected chi connectivity index (χ1v) is 5.25. The summed E-state index contributed by atoms with van der Waals surface area (Å²) < 4.78 is 9.74. The highest BCUT2D eigenvalue weighted by atomic mass is 16.5. The van der Waals surface area contributed by atoms with Crippen LogP contribution < -0.4 is 5.32 Å². The van der Waals surface area contributed by atoms with Gasteiger partial charge in [-0.05, 0) is 18.8 Å². The molecule has 1 rings (SSSR count). The average Bonchev–Trinajstić information content (AvgIpc) is 3.01. The molecule has 1 aliphatic rings. The van der Waals surface area contributed by atoms with E-state index in [1.807, 2.05) is 0 Å². The largest absolute Gasteiger partial charge is 0.468 e. The molecule has 0 bridgehead atoms. The zero-order chi connectivity index (χ0) is 11.1. The van der Waals surface area contributed by atoms with Crippen LogP contribution in [0.4, 0.5) is 0 Å². The highest BCUT2D eigenvalue weighted by Crippen LogP contribution is 2.28. The minimum Gasteiger partial charge on any atom is -0.468 e. The van der Waals surface area contributed by atoms with Crippen molar-refractivity contribution in [3.63, 3.8) is 0 Å². The van der Waals surface area contributed by atoms with E-state index < -0.39 is 6.10 Å². The van der Waals surface area contributed by atoms with Crippen molar-refractivity contribution in [3.05, 3.63) is 0 Å². The molecule has 1 fully saturated rings. The number of ether oxygens (including phenoxy) is 2. The lowest BCUT2D eigenvalue weighted by Gasteiger charge is -2.11. The molecule has 15 heavy (non-hydrogen) atoms. The Morgan fingerprint density at radius 2 is 2.33 bits per heavy atom. The minimum atomic E-state index is -0.562. The molecule has 0 aromatic carbocycles. The second kappa shape index (κ2) is 6.76. The molecule has 1 saturated carbocycles. The molecular weight excluding hydrogens is 198 g/mol. The van der Waals surface area contributed by atoms with Gasteiger partial charge in [-0.1, -0.05) is 0 Å². The molecule has 5 heteroatoms. The SMILES string of the molecule is COC(=O)CNCC(O)COCC1CC1. The molecule has 5 nitrogen and oxygen atoms in total. The van der Waals surface area contributed by atoms with E-state index in [1.165, 1.54) is 20.0 Å². The molecule has 1 atom stereocenters. The highest BCUT2D eigenvalue weighted by molar-refractivity contribution is 5.71. The molecule has 0 amide bonds. The maximum Gasteiger partial charge on any atom is 0.319 e. The Morgan fingerprint density at radius 3 is 2.93 bits per heavy atom. The maximum atomic E-state index is 10.7. The van der Waals surface area contributed by atoms with Crippen molar-refractivity contribution >= 4 is 5.97 Å². The fraction of sp³-hybridized carbons (Fsp3) is 0.900. The summed E-state index contributed by atoms with van der Waals surface area (Å²) in [5, 5.41) is 12.2. The number of hydrogen-bond acceptors (Lipinski definition) is 5. The molecular formula is C10H19NO4. The summed E-state index contributed by atoms with van der Waals surface area (Å²) in [5.41, 5.74) is 0. The molecule has 0 aromatic rings. The zero-order valence-electron chi connectivity index (χ0n) is 9.07. The van der Waals surface area contributed by atoms with Gasteiger partial charge in [0, 0.05) is 13.2 Å². The molecule has 0 spiro atoms. The van der Waals surface area contributed by atoms with Crippen LogP contribution in [-0.2, 0) is 14.3 Å². The molecule has 88 valence electrons. The Hall–Kier alpha value is -0.650. The summed E-state index contributed by atoms with van der Waals surface area (Å²) in [7, 11) is 1.33. The minimum absolute atomic E-state index is 0.121. The molecule has 0 aliphatic heterocycles. The maximum absolute atomic E-state index is 10.7. The molecule has 0 radical (unpaired) electrons. The van der Waals surface area contributed by atoms with Crippen molar-refractivity contribution in [1.29, 1.82) is 0 Å². The number of hydrogen-bond donors (Lipinski definition) is 2. The molecule has 1 aliphatic carbocycles. The zero-order valence-corrected chi connectivity index (χ0v) is 9.07. The fourth-order valence-electron chi connectivity index (χ4n) is 1.13. The Morgan fingerprint density at radius 1 is 1.60 bits per heavy atom. The van der Waals surface area contributed by atoms with Gasteiger partial charge in [-0.2, -0.15) is 0 Å². The summed E-state index contributed by atoms with van der Waals surface area (Å²) in [6.07, 6.45) is 1.93. The van der Waals surface area contributed by atoms with Crippen LogP contribution in [0.25, 0.3) is 0 Å². The van der Waals surface area contributed by atoms with E-state index in [1.54, 1.807) is 0 Å². The molecule has 0 saturated heterocycles. The number of aliphatic hydroxyl groups is 1. The number of nitrogens with one attached hydrogen (secondary N) is 1. The standard InChI is InChI=1S/C10H19NO4/c1-14-10(13)5-11-4-9(12)7-15-6-8-2-3-8/h8-9,11-12H,2-7H2,1H3. The van der Waals surface area contributed by atoms with E-state index in [4.69, 9.17) is 4.74 Å². The van der Waals surface area contributed by atoms with Crippen LogP contribution in [0, 0.1) is 5.92 Å². The van der Waals surface area contributed by atoms with E-state index in [-0.39, 0.29) is 12.5 Å². The van der Waals surface area contributed by atoms with Gasteiger partial charge in [-0.25, -0.2) is 0 Å².